The maximum Gasteiger partial charge on any atom is 0.236 e. The summed E-state index contributed by atoms with van der Waals surface area (Å²) in [6.45, 7) is 3.51. The van der Waals surface area contributed by atoms with E-state index >= 15 is 0 Å². The fourth-order valence-corrected chi connectivity index (χ4v) is 4.43. The fraction of sp³-hybridized carbons (Fsp3) is 0.600. The number of hydrogen-bond donors (Lipinski definition) is 2. The van der Waals surface area contributed by atoms with Crippen LogP contribution in [0, 0.1) is 0 Å². The molecule has 3 rings (SSSR count). The van der Waals surface area contributed by atoms with Crippen LogP contribution in [0.2, 0.25) is 0 Å². The van der Waals surface area contributed by atoms with Crippen molar-refractivity contribution in [3.05, 3.63) is 24.3 Å². The molecule has 2 heterocycles. The lowest BCUT2D eigenvalue weighted by atomic mass is 10.1. The van der Waals surface area contributed by atoms with Crippen LogP contribution < -0.4 is 14.9 Å². The first-order chi connectivity index (χ1) is 10.1. The number of hydrogen-bond acceptors (Lipinski definition) is 4. The summed E-state index contributed by atoms with van der Waals surface area (Å²) in [5, 5.41) is 2.77. The molecule has 21 heavy (non-hydrogen) atoms. The topological polar surface area (TPSA) is 61.4 Å². The number of sulfonamides is 1. The van der Waals surface area contributed by atoms with Crippen LogP contribution in [-0.4, -0.2) is 39.8 Å². The Hall–Kier alpha value is -1.27. The number of rotatable bonds is 4. The molecule has 2 aliphatic heterocycles. The van der Waals surface area contributed by atoms with Crippen molar-refractivity contribution >= 4 is 21.4 Å². The van der Waals surface area contributed by atoms with Gasteiger partial charge in [0.2, 0.25) is 10.0 Å². The van der Waals surface area contributed by atoms with Gasteiger partial charge in [-0.25, -0.2) is 8.42 Å². The molecule has 6 heteroatoms. The van der Waals surface area contributed by atoms with Crippen LogP contribution in [0.25, 0.3) is 0 Å². The van der Waals surface area contributed by atoms with Gasteiger partial charge in [-0.3, -0.25) is 4.72 Å². The second-order valence-corrected chi connectivity index (χ2v) is 7.82. The Morgan fingerprint density at radius 3 is 2.43 bits per heavy atom. The molecular formula is C15H23N3O2S. The molecule has 2 saturated heterocycles. The van der Waals surface area contributed by atoms with Gasteiger partial charge in [0, 0.05) is 31.0 Å². The Morgan fingerprint density at radius 2 is 1.81 bits per heavy atom. The summed E-state index contributed by atoms with van der Waals surface area (Å²) in [6.07, 6.45) is 4.47. The van der Waals surface area contributed by atoms with Gasteiger partial charge in [0.15, 0.2) is 0 Å². The molecule has 0 bridgehead atoms. The first kappa shape index (κ1) is 14.7. The normalized spacial score (nSPS) is 23.2. The third-order valence-corrected chi connectivity index (χ3v) is 6.10. The minimum absolute atomic E-state index is 0.320. The average Bonchev–Trinajstić information content (AvgIpc) is 3.04. The molecule has 116 valence electrons. The zero-order chi connectivity index (χ0) is 14.7. The van der Waals surface area contributed by atoms with Crippen molar-refractivity contribution in [3.8, 4) is 0 Å². The SMILES string of the molecule is O=S(=O)(Nc1ccc(N2CCCCC2)cc1)C1CCNC1. The smallest absolute Gasteiger partial charge is 0.236 e. The molecule has 5 nitrogen and oxygen atoms in total. The molecular weight excluding hydrogens is 286 g/mol. The van der Waals surface area contributed by atoms with Crippen molar-refractivity contribution < 1.29 is 8.42 Å². The Labute approximate surface area is 126 Å². The first-order valence-corrected chi connectivity index (χ1v) is 9.27. The summed E-state index contributed by atoms with van der Waals surface area (Å²) in [5.41, 5.74) is 1.84. The molecule has 1 aromatic carbocycles. The molecule has 0 amide bonds. The second kappa shape index (κ2) is 6.23. The Morgan fingerprint density at radius 1 is 1.10 bits per heavy atom. The number of piperidine rings is 1. The zero-order valence-corrected chi connectivity index (χ0v) is 13.0. The van der Waals surface area contributed by atoms with Gasteiger partial charge in [0.1, 0.15) is 0 Å². The lowest BCUT2D eigenvalue weighted by Crippen LogP contribution is -2.30. The number of anilines is 2. The summed E-state index contributed by atoms with van der Waals surface area (Å²) in [5.74, 6) is 0. The van der Waals surface area contributed by atoms with Gasteiger partial charge in [-0.05, 0) is 56.5 Å². The van der Waals surface area contributed by atoms with Gasteiger partial charge in [-0.15, -0.1) is 0 Å². The quantitative estimate of drug-likeness (QED) is 0.890. The van der Waals surface area contributed by atoms with Crippen LogP contribution in [0.1, 0.15) is 25.7 Å². The monoisotopic (exact) mass is 309 g/mol. The maximum absolute atomic E-state index is 12.2. The predicted molar refractivity (Wildman–Crippen MR) is 86.3 cm³/mol. The number of nitrogens with one attached hydrogen (secondary N) is 2. The molecule has 0 spiro atoms. The number of benzene rings is 1. The van der Waals surface area contributed by atoms with E-state index in [0.717, 1.165) is 19.6 Å². The highest BCUT2D eigenvalue weighted by atomic mass is 32.2. The van der Waals surface area contributed by atoms with Gasteiger partial charge in [-0.1, -0.05) is 0 Å². The van der Waals surface area contributed by atoms with Crippen molar-refractivity contribution in [2.24, 2.45) is 0 Å². The maximum atomic E-state index is 12.2. The van der Waals surface area contributed by atoms with E-state index in [1.54, 1.807) is 0 Å². The Kier molecular flexibility index (Phi) is 4.35. The molecule has 0 radical (unpaired) electrons. The van der Waals surface area contributed by atoms with E-state index in [1.165, 1.54) is 24.9 Å². The summed E-state index contributed by atoms with van der Waals surface area (Å²) >= 11 is 0. The van der Waals surface area contributed by atoms with Gasteiger partial charge >= 0.3 is 0 Å². The lowest BCUT2D eigenvalue weighted by molar-refractivity contribution is 0.578. The Bertz CT molecular complexity index is 559. The standard InChI is InChI=1S/C15H23N3O2S/c19-21(20,15-8-9-16-12-15)17-13-4-6-14(7-5-13)18-10-2-1-3-11-18/h4-7,15-17H,1-3,8-12H2. The van der Waals surface area contributed by atoms with E-state index in [4.69, 9.17) is 0 Å². The number of nitrogens with zero attached hydrogens (tertiary/aromatic N) is 1. The van der Waals surface area contributed by atoms with E-state index in [-0.39, 0.29) is 5.25 Å². The molecule has 0 saturated carbocycles. The molecule has 2 fully saturated rings. The minimum atomic E-state index is -3.28. The zero-order valence-electron chi connectivity index (χ0n) is 12.2. The van der Waals surface area contributed by atoms with Crippen molar-refractivity contribution in [2.75, 3.05) is 35.8 Å². The summed E-state index contributed by atoms with van der Waals surface area (Å²) in [7, 11) is -3.28. The van der Waals surface area contributed by atoms with E-state index in [9.17, 15) is 8.42 Å². The van der Waals surface area contributed by atoms with Crippen LogP contribution in [0.15, 0.2) is 24.3 Å². The van der Waals surface area contributed by atoms with E-state index in [0.29, 0.717) is 18.7 Å². The predicted octanol–water partition coefficient (Wildman–Crippen LogP) is 1.78. The van der Waals surface area contributed by atoms with Gasteiger partial charge in [-0.2, -0.15) is 0 Å². The largest absolute Gasteiger partial charge is 0.372 e. The van der Waals surface area contributed by atoms with Crippen LogP contribution in [0.3, 0.4) is 0 Å². The van der Waals surface area contributed by atoms with Gasteiger partial charge in [0.05, 0.1) is 5.25 Å². The van der Waals surface area contributed by atoms with Crippen LogP contribution in [0.5, 0.6) is 0 Å². The fourth-order valence-electron chi connectivity index (χ4n) is 3.03. The van der Waals surface area contributed by atoms with Crippen molar-refractivity contribution in [1.29, 1.82) is 0 Å². The molecule has 0 aliphatic carbocycles. The van der Waals surface area contributed by atoms with Crippen LogP contribution in [-0.2, 0) is 10.0 Å². The van der Waals surface area contributed by atoms with Crippen molar-refractivity contribution in [2.45, 2.75) is 30.9 Å². The Balaban J connectivity index is 1.66. The highest BCUT2D eigenvalue weighted by Gasteiger charge is 2.28. The highest BCUT2D eigenvalue weighted by Crippen LogP contribution is 2.23. The van der Waals surface area contributed by atoms with Gasteiger partial charge in [0.25, 0.3) is 0 Å². The van der Waals surface area contributed by atoms with E-state index in [2.05, 4.69) is 14.9 Å². The molecule has 2 N–H and O–H groups in total. The van der Waals surface area contributed by atoms with Gasteiger partial charge < -0.3 is 10.2 Å². The average molecular weight is 309 g/mol. The van der Waals surface area contributed by atoms with Crippen LogP contribution in [0.4, 0.5) is 11.4 Å². The third-order valence-electron chi connectivity index (χ3n) is 4.30. The first-order valence-electron chi connectivity index (χ1n) is 7.72. The van der Waals surface area contributed by atoms with E-state index in [1.807, 2.05) is 24.3 Å². The lowest BCUT2D eigenvalue weighted by Gasteiger charge is -2.28. The third kappa shape index (κ3) is 3.49. The summed E-state index contributed by atoms with van der Waals surface area (Å²) in [4.78, 5) is 2.36. The molecule has 2 aliphatic rings. The molecule has 1 unspecified atom stereocenters. The van der Waals surface area contributed by atoms with Crippen LogP contribution >= 0.6 is 0 Å². The summed E-state index contributed by atoms with van der Waals surface area (Å²) in [6, 6.07) is 7.75. The highest BCUT2D eigenvalue weighted by molar-refractivity contribution is 7.93. The van der Waals surface area contributed by atoms with E-state index < -0.39 is 10.0 Å². The summed E-state index contributed by atoms with van der Waals surface area (Å²) < 4.78 is 27.2. The molecule has 0 aromatic heterocycles. The minimum Gasteiger partial charge on any atom is -0.372 e. The molecule has 1 atom stereocenters. The second-order valence-electron chi connectivity index (χ2n) is 5.86. The molecule has 1 aromatic rings. The van der Waals surface area contributed by atoms with Crippen molar-refractivity contribution in [3.63, 3.8) is 0 Å². The van der Waals surface area contributed by atoms with Crippen molar-refractivity contribution in [1.82, 2.24) is 5.32 Å².